The van der Waals surface area contributed by atoms with E-state index >= 15 is 0 Å². The second-order valence-electron chi connectivity index (χ2n) is 10.3. The number of halogens is 3. The molecule has 178 valence electrons. The fourth-order valence-electron chi connectivity index (χ4n) is 5.58. The summed E-state index contributed by atoms with van der Waals surface area (Å²) in [5, 5.41) is 9.32. The Labute approximate surface area is 208 Å². The molecule has 1 N–H and O–H groups in total. The zero-order valence-electron chi connectivity index (χ0n) is 18.1. The number of nitrogens with zero attached hydrogens (tertiary/aromatic N) is 6. The summed E-state index contributed by atoms with van der Waals surface area (Å²) in [6.45, 7) is 3.10. The van der Waals surface area contributed by atoms with E-state index in [1.54, 1.807) is 0 Å². The molecule has 4 heterocycles. The molecule has 2 aromatic rings. The van der Waals surface area contributed by atoms with Crippen LogP contribution in [0.3, 0.4) is 0 Å². The van der Waals surface area contributed by atoms with Crippen molar-refractivity contribution >= 4 is 40.2 Å². The van der Waals surface area contributed by atoms with Gasteiger partial charge in [0, 0.05) is 72.4 Å². The van der Waals surface area contributed by atoms with Crippen LogP contribution in [-0.2, 0) is 10.4 Å². The molecule has 1 spiro atoms. The number of aromatic nitrogens is 5. The van der Waals surface area contributed by atoms with E-state index in [1.807, 2.05) is 9.80 Å². The van der Waals surface area contributed by atoms with Gasteiger partial charge in [-0.05, 0) is 56.0 Å². The molecule has 4 aliphatic rings. The first-order valence-electron chi connectivity index (χ1n) is 11.6. The number of piperidine rings is 1. The summed E-state index contributed by atoms with van der Waals surface area (Å²) < 4.78 is 27.4. The van der Waals surface area contributed by atoms with E-state index in [0.717, 1.165) is 84.5 Å². The third-order valence-electron chi connectivity index (χ3n) is 7.62. The van der Waals surface area contributed by atoms with E-state index in [1.165, 1.54) is 12.8 Å². The Morgan fingerprint density at radius 3 is 2.36 bits per heavy atom. The molecular weight excluding hydrogens is 563 g/mol. The molecule has 0 radical (unpaired) electrons. The van der Waals surface area contributed by atoms with Gasteiger partial charge in [0.15, 0.2) is 0 Å². The van der Waals surface area contributed by atoms with Crippen LogP contribution in [0.5, 0.6) is 0 Å². The predicted molar refractivity (Wildman–Crippen MR) is 126 cm³/mol. The number of hydrogen-bond donors (Lipinski definition) is 1. The lowest BCUT2D eigenvalue weighted by Gasteiger charge is -2.59. The number of hydrogen-bond acceptors (Lipinski definition) is 6. The van der Waals surface area contributed by atoms with Gasteiger partial charge in [0.05, 0.1) is 0 Å². The topological polar surface area (TPSA) is 90.9 Å². The predicted octanol–water partition coefficient (Wildman–Crippen LogP) is 4.27. The Balaban J connectivity index is 0.943. The van der Waals surface area contributed by atoms with Gasteiger partial charge in [0.1, 0.15) is 16.7 Å². The minimum atomic E-state index is -3.02. The number of alkyl halides is 3. The lowest BCUT2D eigenvalue weighted by Crippen LogP contribution is -2.65. The summed E-state index contributed by atoms with van der Waals surface area (Å²) >= 11 is 2.12. The molecule has 12 heteroatoms. The normalized spacial score (nSPS) is 23.6. The third-order valence-corrected chi connectivity index (χ3v) is 8.84. The standard InChI is InChI=1S/C21H26F2IN7OS/c22-21(23,24)18-25-15(33-29-18)7-12-3-5-30(6-4-12)19(32)31-10-20(11-31)8-14(9-20)17-26-16(27-28-17)13-1-2-13/h12-14H,1-11H2,(H,26,27,28). The van der Waals surface area contributed by atoms with Gasteiger partial charge in [-0.25, -0.2) is 9.78 Å². The number of carbonyl (C=O) groups excluding carboxylic acids is 1. The molecular formula is C21H26F2IN7OS. The molecule has 33 heavy (non-hydrogen) atoms. The zero-order valence-corrected chi connectivity index (χ0v) is 21.1. The van der Waals surface area contributed by atoms with E-state index in [4.69, 9.17) is 0 Å². The summed E-state index contributed by atoms with van der Waals surface area (Å²) in [6.07, 6.45) is 7.01. The molecule has 4 fully saturated rings. The first-order chi connectivity index (χ1) is 15.8. The van der Waals surface area contributed by atoms with Gasteiger partial charge >= 0.3 is 9.96 Å². The fourth-order valence-corrected chi connectivity index (χ4v) is 6.77. The van der Waals surface area contributed by atoms with E-state index < -0.39 is 9.75 Å². The van der Waals surface area contributed by atoms with E-state index in [0.29, 0.717) is 42.3 Å². The fraction of sp³-hybridized carbons (Fsp3) is 0.762. The Hall–Kier alpha value is -1.44. The molecule has 0 bridgehead atoms. The Kier molecular flexibility index (Phi) is 5.39. The maximum absolute atomic E-state index is 13.3. The molecule has 6 rings (SSSR count). The molecule has 2 aliphatic heterocycles. The molecule has 2 aliphatic carbocycles. The second-order valence-corrected chi connectivity index (χ2v) is 12.4. The van der Waals surface area contributed by atoms with Crippen LogP contribution in [0.4, 0.5) is 13.6 Å². The van der Waals surface area contributed by atoms with Crippen LogP contribution in [0.2, 0.25) is 0 Å². The van der Waals surface area contributed by atoms with Crippen molar-refractivity contribution in [3.05, 3.63) is 22.5 Å². The van der Waals surface area contributed by atoms with E-state index in [9.17, 15) is 13.6 Å². The highest BCUT2D eigenvalue weighted by Crippen LogP contribution is 2.55. The van der Waals surface area contributed by atoms with Gasteiger partial charge in [-0.3, -0.25) is 0 Å². The van der Waals surface area contributed by atoms with Crippen molar-refractivity contribution in [2.24, 2.45) is 11.3 Å². The average Bonchev–Trinajstić information content (AvgIpc) is 3.25. The van der Waals surface area contributed by atoms with Crippen molar-refractivity contribution in [2.45, 2.75) is 60.7 Å². The largest absolute Gasteiger partial charge is 0.355 e. The van der Waals surface area contributed by atoms with Crippen LogP contribution < -0.4 is 0 Å². The van der Waals surface area contributed by atoms with E-state index in [2.05, 4.69) is 24.5 Å². The van der Waals surface area contributed by atoms with Gasteiger partial charge in [-0.2, -0.15) is 13.2 Å². The smallest absolute Gasteiger partial charge is 0.328 e. The SMILES string of the molecule is O=C(N1CCC(Cc2nc(C(F)(F)I)ns2)CC1)N1CC2(CC(c3nnc(C4CC4)[nH]3)C2)C1. The minimum absolute atomic E-state index is 0.140. The van der Waals surface area contributed by atoms with Crippen molar-refractivity contribution in [1.82, 2.24) is 34.3 Å². The number of amides is 2. The van der Waals surface area contributed by atoms with Crippen LogP contribution >= 0.6 is 34.1 Å². The molecule has 0 atom stereocenters. The number of rotatable bonds is 5. The van der Waals surface area contributed by atoms with Crippen LogP contribution in [-0.4, -0.2) is 66.5 Å². The molecule has 2 saturated heterocycles. The zero-order chi connectivity index (χ0) is 22.8. The van der Waals surface area contributed by atoms with Gasteiger partial charge in [-0.15, -0.1) is 10.2 Å². The number of urea groups is 1. The number of carbonyl (C=O) groups is 1. The molecule has 0 aromatic carbocycles. The number of aromatic amines is 1. The van der Waals surface area contributed by atoms with Crippen LogP contribution in [0.15, 0.2) is 0 Å². The maximum atomic E-state index is 13.3. The number of likely N-dealkylation sites (tertiary alicyclic amines) is 2. The van der Waals surface area contributed by atoms with Gasteiger partial charge < -0.3 is 14.8 Å². The lowest BCUT2D eigenvalue weighted by atomic mass is 9.57. The van der Waals surface area contributed by atoms with Crippen molar-refractivity contribution < 1.29 is 13.6 Å². The van der Waals surface area contributed by atoms with Crippen LogP contribution in [0.1, 0.15) is 72.8 Å². The molecule has 2 amide bonds. The Bertz CT molecular complexity index is 1030. The number of nitrogens with one attached hydrogen (secondary N) is 1. The summed E-state index contributed by atoms with van der Waals surface area (Å²) in [4.78, 5) is 24.3. The highest BCUT2D eigenvalue weighted by molar-refractivity contribution is 14.1. The summed E-state index contributed by atoms with van der Waals surface area (Å²) in [5.74, 6) is 3.08. The monoisotopic (exact) mass is 589 g/mol. The molecule has 0 unspecified atom stereocenters. The van der Waals surface area contributed by atoms with Crippen molar-refractivity contribution in [1.29, 1.82) is 0 Å². The first kappa shape index (κ1) is 22.1. The minimum Gasteiger partial charge on any atom is -0.328 e. The molecule has 2 saturated carbocycles. The van der Waals surface area contributed by atoms with E-state index in [-0.39, 0.29) is 11.4 Å². The Morgan fingerprint density at radius 1 is 1.09 bits per heavy atom. The second kappa shape index (κ2) is 8.06. The number of H-pyrrole nitrogens is 1. The summed E-state index contributed by atoms with van der Waals surface area (Å²) in [6, 6.07) is 0.140. The average molecular weight is 589 g/mol. The van der Waals surface area contributed by atoms with Crippen molar-refractivity contribution in [3.63, 3.8) is 0 Å². The van der Waals surface area contributed by atoms with Crippen LogP contribution in [0, 0.1) is 11.3 Å². The highest BCUT2D eigenvalue weighted by atomic mass is 127. The summed E-state index contributed by atoms with van der Waals surface area (Å²) in [5.41, 5.74) is 0.265. The van der Waals surface area contributed by atoms with Crippen LogP contribution in [0.25, 0.3) is 0 Å². The Morgan fingerprint density at radius 2 is 1.76 bits per heavy atom. The maximum Gasteiger partial charge on any atom is 0.355 e. The molecule has 2 aromatic heterocycles. The van der Waals surface area contributed by atoms with Crippen molar-refractivity contribution in [2.75, 3.05) is 26.2 Å². The highest BCUT2D eigenvalue weighted by Gasteiger charge is 2.55. The summed E-state index contributed by atoms with van der Waals surface area (Å²) in [7, 11) is 0. The van der Waals surface area contributed by atoms with Crippen molar-refractivity contribution in [3.8, 4) is 0 Å². The third kappa shape index (κ3) is 4.37. The lowest BCUT2D eigenvalue weighted by molar-refractivity contribution is -0.0575. The van der Waals surface area contributed by atoms with Gasteiger partial charge in [0.25, 0.3) is 0 Å². The molecule has 8 nitrogen and oxygen atoms in total. The van der Waals surface area contributed by atoms with Gasteiger partial charge in [0.2, 0.25) is 5.82 Å². The van der Waals surface area contributed by atoms with Gasteiger partial charge in [-0.1, -0.05) is 0 Å². The first-order valence-corrected chi connectivity index (χ1v) is 13.5. The quantitative estimate of drug-likeness (QED) is 0.416.